The highest BCUT2D eigenvalue weighted by atomic mass is 32.2. The van der Waals surface area contributed by atoms with Gasteiger partial charge < -0.3 is 10.3 Å². The third-order valence-electron chi connectivity index (χ3n) is 6.54. The van der Waals surface area contributed by atoms with E-state index in [1.807, 2.05) is 0 Å². The SMILES string of the molecule is CS(=O)(=O)c1ccc(-c2cccnc2[C@H](Cc2cc(F)cc(F)c2)NC(=O)Cc2c[nH]c3ccc(F)cc23)cc1. The number of pyridine rings is 1. The van der Waals surface area contributed by atoms with Crippen molar-refractivity contribution < 1.29 is 26.4 Å². The van der Waals surface area contributed by atoms with E-state index in [9.17, 15) is 26.4 Å². The molecule has 0 unspecified atom stereocenters. The second-order valence-corrected chi connectivity index (χ2v) is 11.5. The highest BCUT2D eigenvalue weighted by molar-refractivity contribution is 7.90. The zero-order chi connectivity index (χ0) is 28.4. The predicted molar refractivity (Wildman–Crippen MR) is 146 cm³/mol. The van der Waals surface area contributed by atoms with Crippen molar-refractivity contribution >= 4 is 26.6 Å². The lowest BCUT2D eigenvalue weighted by molar-refractivity contribution is -0.121. The lowest BCUT2D eigenvalue weighted by atomic mass is 9.95. The first-order valence-electron chi connectivity index (χ1n) is 12.3. The monoisotopic (exact) mass is 563 g/mol. The summed E-state index contributed by atoms with van der Waals surface area (Å²) in [5.41, 5.74) is 3.26. The number of carbonyl (C=O) groups excluding carboxylic acids is 1. The molecule has 0 spiro atoms. The normalized spacial score (nSPS) is 12.4. The Morgan fingerprint density at radius 2 is 1.68 bits per heavy atom. The fourth-order valence-corrected chi connectivity index (χ4v) is 5.35. The van der Waals surface area contributed by atoms with Gasteiger partial charge in [0.05, 0.1) is 23.1 Å². The third-order valence-corrected chi connectivity index (χ3v) is 7.67. The Balaban J connectivity index is 1.51. The van der Waals surface area contributed by atoms with Crippen molar-refractivity contribution in [1.82, 2.24) is 15.3 Å². The van der Waals surface area contributed by atoms with Crippen molar-refractivity contribution in [1.29, 1.82) is 0 Å². The largest absolute Gasteiger partial charge is 0.361 e. The van der Waals surface area contributed by atoms with Crippen LogP contribution < -0.4 is 5.32 Å². The van der Waals surface area contributed by atoms with E-state index in [1.54, 1.807) is 36.5 Å². The molecule has 2 heterocycles. The lowest BCUT2D eigenvalue weighted by Gasteiger charge is -2.22. The van der Waals surface area contributed by atoms with E-state index in [1.165, 1.54) is 42.6 Å². The van der Waals surface area contributed by atoms with Crippen LogP contribution in [0.5, 0.6) is 0 Å². The van der Waals surface area contributed by atoms with Crippen LogP contribution in [0.3, 0.4) is 0 Å². The first-order valence-corrected chi connectivity index (χ1v) is 14.2. The van der Waals surface area contributed by atoms with E-state index < -0.39 is 39.2 Å². The highest BCUT2D eigenvalue weighted by Crippen LogP contribution is 2.30. The summed E-state index contributed by atoms with van der Waals surface area (Å²) in [6, 6.07) is 16.3. The number of hydrogen-bond donors (Lipinski definition) is 2. The number of sulfone groups is 1. The van der Waals surface area contributed by atoms with Gasteiger partial charge in [0.15, 0.2) is 9.84 Å². The number of halogens is 3. The maximum Gasteiger partial charge on any atom is 0.225 e. The number of hydrogen-bond acceptors (Lipinski definition) is 4. The summed E-state index contributed by atoms with van der Waals surface area (Å²) in [7, 11) is -3.41. The summed E-state index contributed by atoms with van der Waals surface area (Å²) >= 11 is 0. The lowest BCUT2D eigenvalue weighted by Crippen LogP contribution is -2.32. The van der Waals surface area contributed by atoms with Gasteiger partial charge in [-0.05, 0) is 71.6 Å². The number of benzene rings is 3. The van der Waals surface area contributed by atoms with Gasteiger partial charge in [0, 0.05) is 41.2 Å². The number of H-pyrrole nitrogens is 1. The van der Waals surface area contributed by atoms with Gasteiger partial charge in [-0.1, -0.05) is 18.2 Å². The quantitative estimate of drug-likeness (QED) is 0.254. The summed E-state index contributed by atoms with van der Waals surface area (Å²) in [6.07, 6.45) is 4.23. The number of carbonyl (C=O) groups is 1. The molecule has 0 fully saturated rings. The van der Waals surface area contributed by atoms with Crippen molar-refractivity contribution in [3.63, 3.8) is 0 Å². The summed E-state index contributed by atoms with van der Waals surface area (Å²) < 4.78 is 65.8. The second kappa shape index (κ2) is 11.0. The van der Waals surface area contributed by atoms with Gasteiger partial charge >= 0.3 is 0 Å². The minimum atomic E-state index is -3.41. The van der Waals surface area contributed by atoms with Gasteiger partial charge in [-0.3, -0.25) is 9.78 Å². The molecule has 0 bridgehead atoms. The minimum Gasteiger partial charge on any atom is -0.361 e. The number of amides is 1. The Labute approximate surface area is 228 Å². The van der Waals surface area contributed by atoms with Crippen LogP contribution in [0.4, 0.5) is 13.2 Å². The molecule has 2 aromatic heterocycles. The average Bonchev–Trinajstić information content (AvgIpc) is 3.28. The molecule has 0 aliphatic carbocycles. The van der Waals surface area contributed by atoms with Gasteiger partial charge in [0.1, 0.15) is 17.5 Å². The summed E-state index contributed by atoms with van der Waals surface area (Å²) in [6.45, 7) is 0. The Kier molecular flexibility index (Phi) is 7.44. The zero-order valence-corrected chi connectivity index (χ0v) is 22.1. The third kappa shape index (κ3) is 6.07. The summed E-state index contributed by atoms with van der Waals surface area (Å²) in [4.78, 5) is 21.0. The van der Waals surface area contributed by atoms with Crippen molar-refractivity contribution in [3.8, 4) is 11.1 Å². The van der Waals surface area contributed by atoms with Gasteiger partial charge in [0.2, 0.25) is 5.91 Å². The van der Waals surface area contributed by atoms with E-state index in [0.717, 1.165) is 12.3 Å². The highest BCUT2D eigenvalue weighted by Gasteiger charge is 2.22. The van der Waals surface area contributed by atoms with Gasteiger partial charge in [-0.15, -0.1) is 0 Å². The van der Waals surface area contributed by atoms with Crippen LogP contribution in [0.2, 0.25) is 0 Å². The van der Waals surface area contributed by atoms with Crippen LogP contribution in [0, 0.1) is 17.5 Å². The molecule has 0 saturated heterocycles. The fraction of sp³-hybridized carbons (Fsp3) is 0.133. The van der Waals surface area contributed by atoms with Gasteiger partial charge in [-0.25, -0.2) is 21.6 Å². The van der Waals surface area contributed by atoms with Gasteiger partial charge in [-0.2, -0.15) is 0 Å². The van der Waals surface area contributed by atoms with Crippen LogP contribution in [-0.4, -0.2) is 30.5 Å². The van der Waals surface area contributed by atoms with Gasteiger partial charge in [0.25, 0.3) is 0 Å². The fourth-order valence-electron chi connectivity index (χ4n) is 4.72. The van der Waals surface area contributed by atoms with Crippen molar-refractivity contribution in [2.75, 3.05) is 6.26 Å². The van der Waals surface area contributed by atoms with Crippen molar-refractivity contribution in [3.05, 3.63) is 119 Å². The van der Waals surface area contributed by atoms with Crippen LogP contribution in [0.1, 0.15) is 22.9 Å². The van der Waals surface area contributed by atoms with Crippen molar-refractivity contribution in [2.24, 2.45) is 0 Å². The number of fused-ring (bicyclic) bond motifs is 1. The topological polar surface area (TPSA) is 91.9 Å². The van der Waals surface area contributed by atoms with Crippen LogP contribution >= 0.6 is 0 Å². The van der Waals surface area contributed by atoms with Crippen LogP contribution in [0.15, 0.2) is 90.1 Å². The molecule has 0 aliphatic heterocycles. The molecular weight excluding hydrogens is 539 g/mol. The molecular formula is C30H24F3N3O3S. The second-order valence-electron chi connectivity index (χ2n) is 9.52. The standard InChI is InChI=1S/C30H24F3N3O3S/c1-40(38,39)24-7-4-19(5-8-24)25-3-2-10-34-30(25)28(13-18-11-22(32)15-23(33)12-18)36-29(37)14-20-17-35-27-9-6-21(31)16-26(20)27/h2-12,15-17,28,35H,13-14H2,1H3,(H,36,37)/t28-/m0/s1. The smallest absolute Gasteiger partial charge is 0.225 e. The van der Waals surface area contributed by atoms with Crippen LogP contribution in [0.25, 0.3) is 22.0 Å². The molecule has 40 heavy (non-hydrogen) atoms. The predicted octanol–water partition coefficient (Wildman–Crippen LogP) is 5.69. The molecule has 3 aromatic carbocycles. The molecule has 204 valence electrons. The zero-order valence-electron chi connectivity index (χ0n) is 21.3. The maximum absolute atomic E-state index is 14.0. The molecule has 2 N–H and O–H groups in total. The molecule has 5 rings (SSSR count). The first-order chi connectivity index (χ1) is 19.1. The Morgan fingerprint density at radius 1 is 0.950 bits per heavy atom. The Bertz CT molecular complexity index is 1800. The van der Waals surface area contributed by atoms with E-state index >= 15 is 0 Å². The van der Waals surface area contributed by atoms with E-state index in [-0.39, 0.29) is 17.7 Å². The maximum atomic E-state index is 14.0. The Morgan fingerprint density at radius 3 is 2.38 bits per heavy atom. The molecule has 0 saturated carbocycles. The molecule has 1 amide bonds. The molecule has 1 atom stereocenters. The number of nitrogens with one attached hydrogen (secondary N) is 2. The summed E-state index contributed by atoms with van der Waals surface area (Å²) in [5.74, 6) is -2.34. The van der Waals surface area contributed by atoms with E-state index in [0.29, 0.717) is 38.9 Å². The molecule has 5 aromatic rings. The van der Waals surface area contributed by atoms with Crippen molar-refractivity contribution in [2.45, 2.75) is 23.8 Å². The van der Waals surface area contributed by atoms with E-state index in [4.69, 9.17) is 0 Å². The number of rotatable bonds is 8. The Hall–Kier alpha value is -4.44. The molecule has 0 radical (unpaired) electrons. The number of nitrogens with zero attached hydrogens (tertiary/aromatic N) is 1. The van der Waals surface area contributed by atoms with Crippen LogP contribution in [-0.2, 0) is 27.5 Å². The number of aromatic amines is 1. The number of aromatic nitrogens is 2. The summed E-state index contributed by atoms with van der Waals surface area (Å²) in [5, 5.41) is 3.51. The average molecular weight is 564 g/mol. The molecule has 0 aliphatic rings. The molecule has 6 nitrogen and oxygen atoms in total. The molecule has 10 heteroatoms. The van der Waals surface area contributed by atoms with E-state index in [2.05, 4.69) is 15.3 Å². The first kappa shape index (κ1) is 27.1. The minimum absolute atomic E-state index is 0.0222.